The molecule has 1 atom stereocenters. The van der Waals surface area contributed by atoms with Gasteiger partial charge in [-0.2, -0.15) is 0 Å². The number of amides is 1. The van der Waals surface area contributed by atoms with Crippen molar-refractivity contribution in [2.75, 3.05) is 20.2 Å². The first-order valence-electron chi connectivity index (χ1n) is 6.95. The van der Waals surface area contributed by atoms with Gasteiger partial charge in [0.05, 0.1) is 0 Å². The fraction of sp³-hybridized carbons (Fsp3) is 0.562. The zero-order chi connectivity index (χ0) is 15.3. The van der Waals surface area contributed by atoms with Crippen molar-refractivity contribution in [3.63, 3.8) is 0 Å². The van der Waals surface area contributed by atoms with E-state index in [1.165, 1.54) is 0 Å². The molecule has 5 heteroatoms. The molecule has 1 unspecified atom stereocenters. The number of para-hydroxylation sites is 1. The van der Waals surface area contributed by atoms with Crippen LogP contribution in [-0.4, -0.2) is 37.0 Å². The van der Waals surface area contributed by atoms with Gasteiger partial charge in [-0.15, -0.1) is 12.4 Å². The molecule has 0 saturated carbocycles. The Balaban J connectivity index is 0.00000400. The Bertz CT molecular complexity index is 458. The summed E-state index contributed by atoms with van der Waals surface area (Å²) in [6.07, 6.45) is 0. The number of carbonyl (C=O) groups is 1. The number of hydrogen-bond donors (Lipinski definition) is 1. The van der Waals surface area contributed by atoms with Crippen LogP contribution in [0.2, 0.25) is 0 Å². The molecule has 0 aliphatic heterocycles. The maximum Gasteiger partial charge on any atom is 0.260 e. The SMILES string of the molecule is CC(CN)N(C)C(=O)COc1ccccc1C(C)(C)C.Cl. The van der Waals surface area contributed by atoms with E-state index in [1.54, 1.807) is 11.9 Å². The molecule has 21 heavy (non-hydrogen) atoms. The Morgan fingerprint density at radius 2 is 1.90 bits per heavy atom. The fourth-order valence-electron chi connectivity index (χ4n) is 1.86. The first-order chi connectivity index (χ1) is 9.27. The average molecular weight is 315 g/mol. The molecule has 0 bridgehead atoms. The number of carbonyl (C=O) groups excluding carboxylic acids is 1. The van der Waals surface area contributed by atoms with Crippen molar-refractivity contribution in [3.8, 4) is 5.75 Å². The van der Waals surface area contributed by atoms with Gasteiger partial charge in [-0.25, -0.2) is 0 Å². The topological polar surface area (TPSA) is 55.6 Å². The van der Waals surface area contributed by atoms with Crippen LogP contribution in [0.25, 0.3) is 0 Å². The molecule has 4 nitrogen and oxygen atoms in total. The van der Waals surface area contributed by atoms with Crippen LogP contribution in [0.15, 0.2) is 24.3 Å². The highest BCUT2D eigenvalue weighted by atomic mass is 35.5. The highest BCUT2D eigenvalue weighted by Crippen LogP contribution is 2.30. The van der Waals surface area contributed by atoms with E-state index in [0.29, 0.717) is 6.54 Å². The van der Waals surface area contributed by atoms with Crippen LogP contribution in [0.4, 0.5) is 0 Å². The van der Waals surface area contributed by atoms with Crippen molar-refractivity contribution >= 4 is 18.3 Å². The Labute approximate surface area is 134 Å². The zero-order valence-electron chi connectivity index (χ0n) is 13.6. The molecule has 1 aromatic rings. The summed E-state index contributed by atoms with van der Waals surface area (Å²) in [4.78, 5) is 13.6. The van der Waals surface area contributed by atoms with E-state index in [-0.39, 0.29) is 36.4 Å². The lowest BCUT2D eigenvalue weighted by Crippen LogP contribution is -2.42. The lowest BCUT2D eigenvalue weighted by molar-refractivity contribution is -0.133. The molecule has 0 saturated heterocycles. The molecule has 0 fully saturated rings. The smallest absolute Gasteiger partial charge is 0.260 e. The predicted molar refractivity (Wildman–Crippen MR) is 89.2 cm³/mol. The Morgan fingerprint density at radius 3 is 2.43 bits per heavy atom. The molecule has 1 amide bonds. The molecular formula is C16H27ClN2O2. The number of hydrogen-bond acceptors (Lipinski definition) is 3. The number of halogens is 1. The monoisotopic (exact) mass is 314 g/mol. The summed E-state index contributed by atoms with van der Waals surface area (Å²) < 4.78 is 5.71. The van der Waals surface area contributed by atoms with Crippen molar-refractivity contribution < 1.29 is 9.53 Å². The third-order valence-electron chi connectivity index (χ3n) is 3.44. The van der Waals surface area contributed by atoms with Gasteiger partial charge >= 0.3 is 0 Å². The first-order valence-corrected chi connectivity index (χ1v) is 6.95. The van der Waals surface area contributed by atoms with Gasteiger partial charge in [0, 0.05) is 19.6 Å². The van der Waals surface area contributed by atoms with E-state index < -0.39 is 0 Å². The molecule has 0 heterocycles. The van der Waals surface area contributed by atoms with Crippen LogP contribution in [0.1, 0.15) is 33.3 Å². The minimum absolute atomic E-state index is 0. The first kappa shape index (κ1) is 19.7. The van der Waals surface area contributed by atoms with Crippen LogP contribution in [0, 0.1) is 0 Å². The van der Waals surface area contributed by atoms with Crippen LogP contribution >= 0.6 is 12.4 Å². The van der Waals surface area contributed by atoms with Crippen molar-refractivity contribution in [2.45, 2.75) is 39.2 Å². The Morgan fingerprint density at radius 1 is 1.33 bits per heavy atom. The van der Waals surface area contributed by atoms with Gasteiger partial charge in [-0.3, -0.25) is 4.79 Å². The van der Waals surface area contributed by atoms with Crippen LogP contribution in [0.5, 0.6) is 5.75 Å². The third-order valence-corrected chi connectivity index (χ3v) is 3.44. The van der Waals surface area contributed by atoms with Crippen molar-refractivity contribution in [2.24, 2.45) is 5.73 Å². The summed E-state index contributed by atoms with van der Waals surface area (Å²) >= 11 is 0. The van der Waals surface area contributed by atoms with Gasteiger partial charge in [0.1, 0.15) is 5.75 Å². The molecule has 0 aromatic heterocycles. The van der Waals surface area contributed by atoms with Crippen LogP contribution in [0.3, 0.4) is 0 Å². The fourth-order valence-corrected chi connectivity index (χ4v) is 1.86. The minimum atomic E-state index is -0.0633. The van der Waals surface area contributed by atoms with E-state index in [1.807, 2.05) is 31.2 Å². The summed E-state index contributed by atoms with van der Waals surface area (Å²) in [5.74, 6) is 0.703. The van der Waals surface area contributed by atoms with Crippen LogP contribution in [-0.2, 0) is 10.2 Å². The second-order valence-corrected chi connectivity index (χ2v) is 6.12. The van der Waals surface area contributed by atoms with E-state index in [2.05, 4.69) is 20.8 Å². The summed E-state index contributed by atoms with van der Waals surface area (Å²) in [6.45, 7) is 8.77. The quantitative estimate of drug-likeness (QED) is 0.909. The van der Waals surface area contributed by atoms with E-state index >= 15 is 0 Å². The van der Waals surface area contributed by atoms with Gasteiger partial charge in [-0.05, 0) is 24.0 Å². The van der Waals surface area contributed by atoms with Gasteiger partial charge < -0.3 is 15.4 Å². The number of nitrogens with zero attached hydrogens (tertiary/aromatic N) is 1. The van der Waals surface area contributed by atoms with Gasteiger partial charge in [0.15, 0.2) is 6.61 Å². The Kier molecular flexibility index (Phi) is 7.75. The van der Waals surface area contributed by atoms with Gasteiger partial charge in [0.2, 0.25) is 0 Å². The van der Waals surface area contributed by atoms with Gasteiger partial charge in [-0.1, -0.05) is 39.0 Å². The highest BCUT2D eigenvalue weighted by molar-refractivity contribution is 5.85. The summed E-state index contributed by atoms with van der Waals surface area (Å²) in [5, 5.41) is 0. The second-order valence-electron chi connectivity index (χ2n) is 6.12. The Hall–Kier alpha value is -1.26. The van der Waals surface area contributed by atoms with E-state index in [0.717, 1.165) is 11.3 Å². The second kappa shape index (κ2) is 8.25. The van der Waals surface area contributed by atoms with Crippen molar-refractivity contribution in [1.29, 1.82) is 0 Å². The molecular weight excluding hydrogens is 288 g/mol. The normalized spacial score (nSPS) is 12.3. The molecule has 0 aliphatic rings. The molecule has 2 N–H and O–H groups in total. The van der Waals surface area contributed by atoms with Gasteiger partial charge in [0.25, 0.3) is 5.91 Å². The molecule has 0 radical (unpaired) electrons. The maximum atomic E-state index is 12.0. The number of likely N-dealkylation sites (N-methyl/N-ethyl adjacent to an activating group) is 1. The number of rotatable bonds is 5. The standard InChI is InChI=1S/C16H26N2O2.ClH/c1-12(10-17)18(5)15(19)11-20-14-9-7-6-8-13(14)16(2,3)4;/h6-9,12H,10-11,17H2,1-5H3;1H. The average Bonchev–Trinajstić information content (AvgIpc) is 2.42. The predicted octanol–water partition coefficient (Wildman–Crippen LogP) is 2.59. The van der Waals surface area contributed by atoms with Crippen LogP contribution < -0.4 is 10.5 Å². The largest absolute Gasteiger partial charge is 0.483 e. The lowest BCUT2D eigenvalue weighted by Gasteiger charge is -2.25. The summed E-state index contributed by atoms with van der Waals surface area (Å²) in [6, 6.07) is 7.86. The lowest BCUT2D eigenvalue weighted by atomic mass is 9.86. The molecule has 0 spiro atoms. The molecule has 1 aromatic carbocycles. The summed E-state index contributed by atoms with van der Waals surface area (Å²) in [7, 11) is 1.75. The highest BCUT2D eigenvalue weighted by Gasteiger charge is 2.20. The third kappa shape index (κ3) is 5.56. The zero-order valence-corrected chi connectivity index (χ0v) is 14.4. The van der Waals surface area contributed by atoms with Crippen molar-refractivity contribution in [3.05, 3.63) is 29.8 Å². The molecule has 1 rings (SSSR count). The molecule has 0 aliphatic carbocycles. The summed E-state index contributed by atoms with van der Waals surface area (Å²) in [5.41, 5.74) is 6.65. The van der Waals surface area contributed by atoms with E-state index in [9.17, 15) is 4.79 Å². The number of benzene rings is 1. The number of ether oxygens (including phenoxy) is 1. The van der Waals surface area contributed by atoms with Crippen molar-refractivity contribution in [1.82, 2.24) is 4.90 Å². The maximum absolute atomic E-state index is 12.0. The molecule has 120 valence electrons. The van der Waals surface area contributed by atoms with E-state index in [4.69, 9.17) is 10.5 Å². The number of nitrogens with two attached hydrogens (primary N) is 1. The minimum Gasteiger partial charge on any atom is -0.483 e.